The van der Waals surface area contributed by atoms with Crippen LogP contribution in [0.15, 0.2) is 22.7 Å². The average molecular weight is 326 g/mol. The highest BCUT2D eigenvalue weighted by Gasteiger charge is 2.46. The SMILES string of the molecule is Cc1ccc(Br)c(C(=O)N2CCCC2(C)C(=O)O)c1. The standard InChI is InChI=1S/C14H16BrNO3/c1-9-4-5-11(15)10(8-9)12(17)16-7-3-6-14(16,2)13(18)19/h4-5,8H,3,6-7H2,1-2H3,(H,18,19). The van der Waals surface area contributed by atoms with Crippen molar-refractivity contribution in [3.8, 4) is 0 Å². The van der Waals surface area contributed by atoms with Crippen LogP contribution in [-0.2, 0) is 4.79 Å². The molecule has 0 aliphatic carbocycles. The molecule has 1 aromatic carbocycles. The molecule has 1 unspecified atom stereocenters. The molecule has 1 saturated heterocycles. The van der Waals surface area contributed by atoms with Gasteiger partial charge in [-0.25, -0.2) is 4.79 Å². The van der Waals surface area contributed by atoms with E-state index in [0.717, 1.165) is 12.0 Å². The molecule has 102 valence electrons. The number of halogens is 1. The van der Waals surface area contributed by atoms with Crippen LogP contribution in [-0.4, -0.2) is 34.0 Å². The zero-order valence-corrected chi connectivity index (χ0v) is 12.5. The maximum absolute atomic E-state index is 12.6. The predicted molar refractivity (Wildman–Crippen MR) is 75.2 cm³/mol. The lowest BCUT2D eigenvalue weighted by Gasteiger charge is -2.31. The number of aliphatic carboxylic acids is 1. The van der Waals surface area contributed by atoms with Crippen molar-refractivity contribution in [2.45, 2.75) is 32.2 Å². The van der Waals surface area contributed by atoms with Crippen LogP contribution in [0.1, 0.15) is 35.7 Å². The molecule has 5 heteroatoms. The number of carboxylic acid groups (broad SMARTS) is 1. The molecule has 0 radical (unpaired) electrons. The van der Waals surface area contributed by atoms with Gasteiger partial charge in [0.2, 0.25) is 0 Å². The average Bonchev–Trinajstić information content (AvgIpc) is 2.75. The Bertz CT molecular complexity index is 543. The lowest BCUT2D eigenvalue weighted by atomic mass is 9.98. The number of amides is 1. The van der Waals surface area contributed by atoms with Crippen LogP contribution in [0.2, 0.25) is 0 Å². The molecule has 1 aromatic rings. The molecule has 1 heterocycles. The molecule has 0 aromatic heterocycles. The smallest absolute Gasteiger partial charge is 0.329 e. The number of rotatable bonds is 2. The number of nitrogens with zero attached hydrogens (tertiary/aromatic N) is 1. The van der Waals surface area contributed by atoms with E-state index in [4.69, 9.17) is 0 Å². The molecule has 0 bridgehead atoms. The molecule has 1 fully saturated rings. The van der Waals surface area contributed by atoms with E-state index in [1.165, 1.54) is 4.90 Å². The van der Waals surface area contributed by atoms with Gasteiger partial charge in [0.05, 0.1) is 5.56 Å². The van der Waals surface area contributed by atoms with Crippen molar-refractivity contribution in [2.75, 3.05) is 6.54 Å². The summed E-state index contributed by atoms with van der Waals surface area (Å²) in [6, 6.07) is 5.50. The second kappa shape index (κ2) is 4.96. The first-order valence-electron chi connectivity index (χ1n) is 6.18. The Morgan fingerprint density at radius 1 is 1.42 bits per heavy atom. The van der Waals surface area contributed by atoms with Crippen LogP contribution in [0.5, 0.6) is 0 Å². The summed E-state index contributed by atoms with van der Waals surface area (Å²) in [4.78, 5) is 25.5. The van der Waals surface area contributed by atoms with E-state index in [0.29, 0.717) is 23.0 Å². The number of carbonyl (C=O) groups excluding carboxylic acids is 1. The maximum Gasteiger partial charge on any atom is 0.329 e. The highest BCUT2D eigenvalue weighted by Crippen LogP contribution is 2.32. The molecule has 1 aliphatic rings. The first kappa shape index (κ1) is 14.1. The van der Waals surface area contributed by atoms with Crippen molar-refractivity contribution in [3.05, 3.63) is 33.8 Å². The summed E-state index contributed by atoms with van der Waals surface area (Å²) in [5.41, 5.74) is 0.400. The summed E-state index contributed by atoms with van der Waals surface area (Å²) in [6.45, 7) is 4.01. The molecule has 1 atom stereocenters. The van der Waals surface area contributed by atoms with Gasteiger partial charge < -0.3 is 10.0 Å². The molecule has 1 N–H and O–H groups in total. The minimum atomic E-state index is -1.10. The number of likely N-dealkylation sites (tertiary alicyclic amines) is 1. The summed E-state index contributed by atoms with van der Waals surface area (Å²) in [7, 11) is 0. The molecule has 2 rings (SSSR count). The van der Waals surface area contributed by atoms with E-state index in [1.807, 2.05) is 19.1 Å². The Labute approximate surface area is 120 Å². The number of hydrogen-bond acceptors (Lipinski definition) is 2. The summed E-state index contributed by atoms with van der Waals surface area (Å²) in [5.74, 6) is -1.17. The lowest BCUT2D eigenvalue weighted by molar-refractivity contribution is -0.147. The summed E-state index contributed by atoms with van der Waals surface area (Å²) < 4.78 is 0.697. The molecule has 0 saturated carbocycles. The number of aryl methyl sites for hydroxylation is 1. The monoisotopic (exact) mass is 325 g/mol. The minimum absolute atomic E-state index is 0.224. The Hall–Kier alpha value is -1.36. The fourth-order valence-corrected chi connectivity index (χ4v) is 2.88. The Morgan fingerprint density at radius 3 is 2.74 bits per heavy atom. The van der Waals surface area contributed by atoms with Crippen LogP contribution < -0.4 is 0 Å². The molecular weight excluding hydrogens is 310 g/mol. The Balaban J connectivity index is 2.39. The summed E-state index contributed by atoms with van der Waals surface area (Å²) >= 11 is 3.36. The largest absolute Gasteiger partial charge is 0.480 e. The van der Waals surface area contributed by atoms with Crippen LogP contribution in [0, 0.1) is 6.92 Å². The fraction of sp³-hybridized carbons (Fsp3) is 0.429. The highest BCUT2D eigenvalue weighted by molar-refractivity contribution is 9.10. The zero-order valence-electron chi connectivity index (χ0n) is 10.9. The zero-order chi connectivity index (χ0) is 14.2. The van der Waals surface area contributed by atoms with E-state index in [9.17, 15) is 14.7 Å². The van der Waals surface area contributed by atoms with Crippen molar-refractivity contribution >= 4 is 27.8 Å². The van der Waals surface area contributed by atoms with Gasteiger partial charge in [-0.05, 0) is 54.8 Å². The second-order valence-corrected chi connectivity index (χ2v) is 5.98. The van der Waals surface area contributed by atoms with Crippen LogP contribution in [0.3, 0.4) is 0 Å². The van der Waals surface area contributed by atoms with Crippen LogP contribution >= 0.6 is 15.9 Å². The lowest BCUT2D eigenvalue weighted by Crippen LogP contribution is -2.50. The molecule has 4 nitrogen and oxygen atoms in total. The van der Waals surface area contributed by atoms with Gasteiger partial charge in [0.15, 0.2) is 0 Å². The van der Waals surface area contributed by atoms with Crippen molar-refractivity contribution in [2.24, 2.45) is 0 Å². The number of carboxylic acids is 1. The molecule has 1 amide bonds. The van der Waals surface area contributed by atoms with Crippen molar-refractivity contribution in [1.82, 2.24) is 4.90 Å². The molecule has 19 heavy (non-hydrogen) atoms. The number of hydrogen-bond donors (Lipinski definition) is 1. The van der Waals surface area contributed by atoms with Crippen LogP contribution in [0.25, 0.3) is 0 Å². The summed E-state index contributed by atoms with van der Waals surface area (Å²) in [6.07, 6.45) is 1.22. The third-order valence-corrected chi connectivity index (χ3v) is 4.39. The van der Waals surface area contributed by atoms with Gasteiger partial charge in [0.25, 0.3) is 5.91 Å². The molecule has 1 aliphatic heterocycles. The fourth-order valence-electron chi connectivity index (χ4n) is 2.46. The summed E-state index contributed by atoms with van der Waals surface area (Å²) in [5, 5.41) is 9.36. The van der Waals surface area contributed by atoms with Gasteiger partial charge in [-0.15, -0.1) is 0 Å². The second-order valence-electron chi connectivity index (χ2n) is 5.12. The van der Waals surface area contributed by atoms with E-state index in [1.54, 1.807) is 13.0 Å². The maximum atomic E-state index is 12.6. The van der Waals surface area contributed by atoms with Gasteiger partial charge in [0, 0.05) is 11.0 Å². The quantitative estimate of drug-likeness (QED) is 0.909. The van der Waals surface area contributed by atoms with Crippen molar-refractivity contribution in [1.29, 1.82) is 0 Å². The van der Waals surface area contributed by atoms with E-state index >= 15 is 0 Å². The van der Waals surface area contributed by atoms with E-state index in [-0.39, 0.29) is 5.91 Å². The normalized spacial score (nSPS) is 22.6. The van der Waals surface area contributed by atoms with E-state index in [2.05, 4.69) is 15.9 Å². The predicted octanol–water partition coefficient (Wildman–Crippen LogP) is 2.84. The van der Waals surface area contributed by atoms with Crippen LogP contribution in [0.4, 0.5) is 0 Å². The Morgan fingerprint density at radius 2 is 2.11 bits per heavy atom. The minimum Gasteiger partial charge on any atom is -0.480 e. The topological polar surface area (TPSA) is 57.6 Å². The van der Waals surface area contributed by atoms with E-state index < -0.39 is 11.5 Å². The highest BCUT2D eigenvalue weighted by atomic mass is 79.9. The number of benzene rings is 1. The first-order chi connectivity index (χ1) is 8.86. The third kappa shape index (κ3) is 2.39. The van der Waals surface area contributed by atoms with Gasteiger partial charge in [0.1, 0.15) is 5.54 Å². The number of carbonyl (C=O) groups is 2. The van der Waals surface area contributed by atoms with Crippen molar-refractivity contribution < 1.29 is 14.7 Å². The first-order valence-corrected chi connectivity index (χ1v) is 6.97. The van der Waals surface area contributed by atoms with Crippen molar-refractivity contribution in [3.63, 3.8) is 0 Å². The van der Waals surface area contributed by atoms with Gasteiger partial charge in [-0.2, -0.15) is 0 Å². The third-order valence-electron chi connectivity index (χ3n) is 3.70. The van der Waals surface area contributed by atoms with Gasteiger partial charge >= 0.3 is 5.97 Å². The van der Waals surface area contributed by atoms with Gasteiger partial charge in [-0.1, -0.05) is 11.6 Å². The molecular formula is C14H16BrNO3. The molecule has 0 spiro atoms. The van der Waals surface area contributed by atoms with Gasteiger partial charge in [-0.3, -0.25) is 4.79 Å². The Kier molecular flexibility index (Phi) is 3.67.